The van der Waals surface area contributed by atoms with E-state index in [0.29, 0.717) is 6.42 Å². The van der Waals surface area contributed by atoms with E-state index in [-0.39, 0.29) is 12.3 Å². The summed E-state index contributed by atoms with van der Waals surface area (Å²) in [4.78, 5) is 24.0. The van der Waals surface area contributed by atoms with Crippen LogP contribution in [-0.2, 0) is 33.6 Å². The van der Waals surface area contributed by atoms with Crippen molar-refractivity contribution in [3.05, 3.63) is 53.5 Å². The first-order valence-corrected chi connectivity index (χ1v) is 8.26. The molecule has 1 aliphatic rings. The van der Waals surface area contributed by atoms with Crippen LogP contribution >= 0.6 is 0 Å². The highest BCUT2D eigenvalue weighted by atomic mass is 16.5. The van der Waals surface area contributed by atoms with Gasteiger partial charge in [-0.05, 0) is 61.6 Å². The number of fused-ring (bicyclic) bond motifs is 1. The summed E-state index contributed by atoms with van der Waals surface area (Å²) in [5.74, 6) is -0.00973. The van der Waals surface area contributed by atoms with Crippen molar-refractivity contribution >= 4 is 17.6 Å². The summed E-state index contributed by atoms with van der Waals surface area (Å²) in [5.41, 5.74) is 3.39. The lowest BCUT2D eigenvalue weighted by Gasteiger charge is -2.14. The Bertz CT molecular complexity index is 721. The van der Waals surface area contributed by atoms with Crippen LogP contribution in [0.25, 0.3) is 0 Å². The molecular formula is C19H21NO4. The molecule has 0 aliphatic heterocycles. The third-order valence-corrected chi connectivity index (χ3v) is 4.20. The number of amides is 1. The molecule has 126 valence electrons. The molecule has 0 saturated heterocycles. The van der Waals surface area contributed by atoms with E-state index < -0.39 is 12.1 Å². The van der Waals surface area contributed by atoms with Gasteiger partial charge in [0.25, 0.3) is 5.91 Å². The van der Waals surface area contributed by atoms with Crippen molar-refractivity contribution in [2.45, 2.75) is 45.1 Å². The van der Waals surface area contributed by atoms with Crippen molar-refractivity contribution < 1.29 is 18.7 Å². The van der Waals surface area contributed by atoms with Crippen molar-refractivity contribution in [3.63, 3.8) is 0 Å². The van der Waals surface area contributed by atoms with Gasteiger partial charge >= 0.3 is 5.97 Å². The molecule has 0 saturated carbocycles. The van der Waals surface area contributed by atoms with Gasteiger partial charge in [-0.3, -0.25) is 9.59 Å². The molecule has 5 heteroatoms. The van der Waals surface area contributed by atoms with Gasteiger partial charge in [-0.2, -0.15) is 0 Å². The van der Waals surface area contributed by atoms with Crippen LogP contribution in [0.15, 0.2) is 41.0 Å². The zero-order valence-corrected chi connectivity index (χ0v) is 13.7. The number of anilines is 1. The highest BCUT2D eigenvalue weighted by Gasteiger charge is 2.19. The Morgan fingerprint density at radius 3 is 2.88 bits per heavy atom. The summed E-state index contributed by atoms with van der Waals surface area (Å²) in [5, 5.41) is 2.81. The SMILES string of the molecule is C[C@H](OC(=O)CCc1ccco1)C(=O)Nc1ccc2c(c1)CCC2. The van der Waals surface area contributed by atoms with E-state index in [2.05, 4.69) is 11.4 Å². The molecule has 0 bridgehead atoms. The fourth-order valence-electron chi connectivity index (χ4n) is 2.88. The molecule has 1 aliphatic carbocycles. The second kappa shape index (κ2) is 7.34. The molecule has 0 unspecified atom stereocenters. The fraction of sp³-hybridized carbons (Fsp3) is 0.368. The highest BCUT2D eigenvalue weighted by molar-refractivity contribution is 5.95. The molecule has 1 N–H and O–H groups in total. The van der Waals surface area contributed by atoms with Gasteiger partial charge in [0.15, 0.2) is 6.10 Å². The molecule has 5 nitrogen and oxygen atoms in total. The third-order valence-electron chi connectivity index (χ3n) is 4.20. The van der Waals surface area contributed by atoms with E-state index in [0.717, 1.165) is 30.7 Å². The van der Waals surface area contributed by atoms with Gasteiger partial charge in [-0.25, -0.2) is 0 Å². The van der Waals surface area contributed by atoms with Crippen LogP contribution < -0.4 is 5.32 Å². The number of furan rings is 1. The Hall–Kier alpha value is -2.56. The van der Waals surface area contributed by atoms with E-state index >= 15 is 0 Å². The molecule has 1 heterocycles. The normalized spacial score (nSPS) is 14.0. The summed E-state index contributed by atoms with van der Waals surface area (Å²) in [7, 11) is 0. The number of ether oxygens (including phenoxy) is 1. The number of esters is 1. The van der Waals surface area contributed by atoms with Crippen LogP contribution in [0, 0.1) is 0 Å². The first-order valence-electron chi connectivity index (χ1n) is 8.26. The molecule has 1 aromatic carbocycles. The maximum atomic E-state index is 12.2. The number of hydrogen-bond donors (Lipinski definition) is 1. The Balaban J connectivity index is 1.48. The molecule has 24 heavy (non-hydrogen) atoms. The standard InChI is InChI=1S/C19H21NO4/c1-13(24-18(21)10-9-17-6-3-11-23-17)19(22)20-16-8-7-14-4-2-5-15(14)12-16/h3,6-8,11-13H,2,4-5,9-10H2,1H3,(H,20,22)/t13-/m0/s1. The minimum absolute atomic E-state index is 0.185. The molecule has 0 spiro atoms. The highest BCUT2D eigenvalue weighted by Crippen LogP contribution is 2.25. The van der Waals surface area contributed by atoms with E-state index in [1.54, 1.807) is 25.3 Å². The Morgan fingerprint density at radius 2 is 2.08 bits per heavy atom. The van der Waals surface area contributed by atoms with Gasteiger partial charge in [0.2, 0.25) is 0 Å². The molecule has 1 amide bonds. The first kappa shape index (κ1) is 16.3. The third kappa shape index (κ3) is 4.04. The van der Waals surface area contributed by atoms with Gasteiger partial charge < -0.3 is 14.5 Å². The molecule has 2 aromatic rings. The van der Waals surface area contributed by atoms with E-state index in [1.807, 2.05) is 12.1 Å². The molecular weight excluding hydrogens is 306 g/mol. The predicted octanol–water partition coefficient (Wildman–Crippen LogP) is 3.27. The van der Waals surface area contributed by atoms with Crippen molar-refractivity contribution in [2.75, 3.05) is 5.32 Å². The zero-order chi connectivity index (χ0) is 16.9. The summed E-state index contributed by atoms with van der Waals surface area (Å²) >= 11 is 0. The Morgan fingerprint density at radius 1 is 1.25 bits per heavy atom. The maximum absolute atomic E-state index is 12.2. The number of rotatable bonds is 6. The van der Waals surface area contributed by atoms with Crippen LogP contribution in [0.5, 0.6) is 0 Å². The first-order chi connectivity index (χ1) is 11.6. The monoisotopic (exact) mass is 327 g/mol. The summed E-state index contributed by atoms with van der Waals surface area (Å²) in [6.07, 6.45) is 4.70. The minimum Gasteiger partial charge on any atom is -0.469 e. The van der Waals surface area contributed by atoms with Crippen LogP contribution in [0.1, 0.15) is 36.7 Å². The lowest BCUT2D eigenvalue weighted by Crippen LogP contribution is -2.30. The minimum atomic E-state index is -0.831. The second-order valence-corrected chi connectivity index (χ2v) is 6.04. The van der Waals surface area contributed by atoms with Gasteiger partial charge in [-0.15, -0.1) is 0 Å². The van der Waals surface area contributed by atoms with E-state index in [4.69, 9.17) is 9.15 Å². The fourth-order valence-corrected chi connectivity index (χ4v) is 2.88. The van der Waals surface area contributed by atoms with Crippen molar-refractivity contribution in [1.29, 1.82) is 0 Å². The number of benzene rings is 1. The van der Waals surface area contributed by atoms with E-state index in [9.17, 15) is 9.59 Å². The molecule has 0 radical (unpaired) electrons. The number of carbonyl (C=O) groups excluding carboxylic acids is 2. The Labute approximate surface area is 141 Å². The molecule has 3 rings (SSSR count). The quantitative estimate of drug-likeness (QED) is 0.827. The predicted molar refractivity (Wildman–Crippen MR) is 89.7 cm³/mol. The van der Waals surface area contributed by atoms with Gasteiger partial charge in [0.1, 0.15) is 5.76 Å². The van der Waals surface area contributed by atoms with E-state index in [1.165, 1.54) is 11.1 Å². The number of hydrogen-bond acceptors (Lipinski definition) is 4. The van der Waals surface area contributed by atoms with Gasteiger partial charge in [0.05, 0.1) is 12.7 Å². The lowest BCUT2D eigenvalue weighted by atomic mass is 10.1. The maximum Gasteiger partial charge on any atom is 0.307 e. The van der Waals surface area contributed by atoms with Crippen molar-refractivity contribution in [2.24, 2.45) is 0 Å². The smallest absolute Gasteiger partial charge is 0.307 e. The molecule has 0 fully saturated rings. The second-order valence-electron chi connectivity index (χ2n) is 6.04. The van der Waals surface area contributed by atoms with Gasteiger partial charge in [-0.1, -0.05) is 6.07 Å². The van der Waals surface area contributed by atoms with Gasteiger partial charge in [0, 0.05) is 12.1 Å². The molecule has 1 aromatic heterocycles. The number of nitrogens with one attached hydrogen (secondary N) is 1. The summed E-state index contributed by atoms with van der Waals surface area (Å²) < 4.78 is 10.3. The van der Waals surface area contributed by atoms with Crippen LogP contribution in [0.3, 0.4) is 0 Å². The summed E-state index contributed by atoms with van der Waals surface area (Å²) in [6, 6.07) is 9.53. The number of carbonyl (C=O) groups is 2. The van der Waals surface area contributed by atoms with Crippen LogP contribution in [0.2, 0.25) is 0 Å². The van der Waals surface area contributed by atoms with Crippen LogP contribution in [-0.4, -0.2) is 18.0 Å². The van der Waals surface area contributed by atoms with Crippen molar-refractivity contribution in [1.82, 2.24) is 0 Å². The summed E-state index contributed by atoms with van der Waals surface area (Å²) in [6.45, 7) is 1.58. The van der Waals surface area contributed by atoms with Crippen LogP contribution in [0.4, 0.5) is 5.69 Å². The number of aryl methyl sites for hydroxylation is 3. The topological polar surface area (TPSA) is 68.5 Å². The lowest BCUT2D eigenvalue weighted by molar-refractivity contribution is -0.153. The molecule has 1 atom stereocenters. The Kier molecular flexibility index (Phi) is 4.99. The average molecular weight is 327 g/mol. The zero-order valence-electron chi connectivity index (χ0n) is 13.7. The van der Waals surface area contributed by atoms with Crippen molar-refractivity contribution in [3.8, 4) is 0 Å². The largest absolute Gasteiger partial charge is 0.469 e. The average Bonchev–Trinajstić information content (AvgIpc) is 3.23.